The van der Waals surface area contributed by atoms with Gasteiger partial charge in [-0.3, -0.25) is 0 Å². The summed E-state index contributed by atoms with van der Waals surface area (Å²) in [5.74, 6) is 0.338. The molecule has 0 saturated carbocycles. The topological polar surface area (TPSA) is 80.7 Å². The number of rotatable bonds is 4. The van der Waals surface area contributed by atoms with Crippen LogP contribution in [-0.2, 0) is 6.61 Å². The molecule has 0 atom stereocenters. The molecule has 3 N–H and O–H groups in total. The molecule has 0 amide bonds. The highest BCUT2D eigenvalue weighted by Gasteiger charge is 2.13. The maximum absolute atomic E-state index is 8.83. The molecular weight excluding hydrogens is 322 g/mol. The zero-order chi connectivity index (χ0) is 14.5. The highest BCUT2D eigenvalue weighted by atomic mass is 79.9. The zero-order valence-electron chi connectivity index (χ0n) is 10.9. The van der Waals surface area contributed by atoms with Crippen LogP contribution < -0.4 is 10.5 Å². The lowest BCUT2D eigenvalue weighted by molar-refractivity contribution is 0.291. The van der Waals surface area contributed by atoms with Crippen LogP contribution in [0.2, 0.25) is 0 Å². The monoisotopic (exact) mass is 335 g/mol. The molecule has 0 aliphatic carbocycles. The second kappa shape index (κ2) is 6.38. The van der Waals surface area contributed by atoms with Crippen molar-refractivity contribution in [1.29, 1.82) is 0 Å². The Bertz CT molecular complexity index is 627. The van der Waals surface area contributed by atoms with Crippen LogP contribution in [0.3, 0.4) is 0 Å². The van der Waals surface area contributed by atoms with E-state index >= 15 is 0 Å². The number of nitrogens with two attached hydrogens (primary N) is 1. The first-order chi connectivity index (χ1) is 9.61. The molecule has 2 aromatic rings. The van der Waals surface area contributed by atoms with Crippen molar-refractivity contribution < 1.29 is 9.94 Å². The second-order valence-corrected chi connectivity index (χ2v) is 5.12. The standard InChI is InChI=1S/C14H14BrN3O2/c1-9-6-7-17-14(12(9)13(16)18-19)20-8-10-2-4-11(15)5-3-10/h2-7,19H,8H2,1H3,(H2,16,18). The summed E-state index contributed by atoms with van der Waals surface area (Å²) < 4.78 is 6.68. The average Bonchev–Trinajstić information content (AvgIpc) is 2.46. The summed E-state index contributed by atoms with van der Waals surface area (Å²) in [6.07, 6.45) is 1.63. The minimum absolute atomic E-state index is 0.0126. The first-order valence-electron chi connectivity index (χ1n) is 5.92. The number of hydrogen-bond acceptors (Lipinski definition) is 4. The molecule has 1 aromatic heterocycles. The number of aromatic nitrogens is 1. The molecule has 6 heteroatoms. The minimum Gasteiger partial charge on any atom is -0.472 e. The van der Waals surface area contributed by atoms with Crippen molar-refractivity contribution in [3.63, 3.8) is 0 Å². The van der Waals surface area contributed by atoms with Crippen LogP contribution in [0.1, 0.15) is 16.7 Å². The summed E-state index contributed by atoms with van der Waals surface area (Å²) in [6.45, 7) is 2.21. The van der Waals surface area contributed by atoms with Gasteiger partial charge in [0.1, 0.15) is 6.61 Å². The fraction of sp³-hybridized carbons (Fsp3) is 0.143. The molecule has 0 fully saturated rings. The molecule has 0 saturated heterocycles. The van der Waals surface area contributed by atoms with E-state index in [-0.39, 0.29) is 5.84 Å². The first-order valence-corrected chi connectivity index (χ1v) is 6.72. The fourth-order valence-electron chi connectivity index (χ4n) is 1.74. The van der Waals surface area contributed by atoms with E-state index in [1.54, 1.807) is 12.3 Å². The van der Waals surface area contributed by atoms with Crippen molar-refractivity contribution in [2.45, 2.75) is 13.5 Å². The van der Waals surface area contributed by atoms with Crippen LogP contribution in [0, 0.1) is 6.92 Å². The Kier molecular flexibility index (Phi) is 4.57. The normalized spacial score (nSPS) is 11.4. The highest BCUT2D eigenvalue weighted by molar-refractivity contribution is 9.10. The SMILES string of the molecule is Cc1ccnc(OCc2ccc(Br)cc2)c1/C(N)=N/O. The number of amidine groups is 1. The van der Waals surface area contributed by atoms with Crippen LogP contribution in [0.25, 0.3) is 0 Å². The summed E-state index contributed by atoms with van der Waals surface area (Å²) in [6, 6.07) is 9.55. The molecule has 2 rings (SSSR count). The third-order valence-electron chi connectivity index (χ3n) is 2.78. The van der Waals surface area contributed by atoms with Gasteiger partial charge in [-0.05, 0) is 36.2 Å². The Morgan fingerprint density at radius 2 is 2.05 bits per heavy atom. The first kappa shape index (κ1) is 14.3. The smallest absolute Gasteiger partial charge is 0.225 e. The van der Waals surface area contributed by atoms with Crippen molar-refractivity contribution in [2.24, 2.45) is 10.9 Å². The summed E-state index contributed by atoms with van der Waals surface area (Å²) >= 11 is 3.38. The third kappa shape index (κ3) is 3.27. The summed E-state index contributed by atoms with van der Waals surface area (Å²) in [4.78, 5) is 4.14. The molecule has 5 nitrogen and oxygen atoms in total. The third-order valence-corrected chi connectivity index (χ3v) is 3.31. The van der Waals surface area contributed by atoms with Crippen LogP contribution in [0.15, 0.2) is 46.2 Å². The molecule has 0 aliphatic rings. The predicted molar refractivity (Wildman–Crippen MR) is 80.0 cm³/mol. The van der Waals surface area contributed by atoms with E-state index in [4.69, 9.17) is 15.7 Å². The lowest BCUT2D eigenvalue weighted by atomic mass is 10.1. The Labute approximate surface area is 125 Å². The lowest BCUT2D eigenvalue weighted by Crippen LogP contribution is -2.17. The maximum Gasteiger partial charge on any atom is 0.225 e. The van der Waals surface area contributed by atoms with E-state index in [2.05, 4.69) is 26.1 Å². The van der Waals surface area contributed by atoms with Gasteiger partial charge in [-0.1, -0.05) is 33.2 Å². The van der Waals surface area contributed by atoms with Crippen LogP contribution in [0.5, 0.6) is 5.88 Å². The summed E-state index contributed by atoms with van der Waals surface area (Å²) in [7, 11) is 0. The fourth-order valence-corrected chi connectivity index (χ4v) is 2.00. The number of halogens is 1. The van der Waals surface area contributed by atoms with E-state index in [1.807, 2.05) is 31.2 Å². The maximum atomic E-state index is 8.83. The summed E-state index contributed by atoms with van der Waals surface area (Å²) in [5.41, 5.74) is 8.00. The van der Waals surface area contributed by atoms with Crippen LogP contribution >= 0.6 is 15.9 Å². The van der Waals surface area contributed by atoms with Crippen molar-refractivity contribution in [2.75, 3.05) is 0 Å². The molecule has 0 spiro atoms. The van der Waals surface area contributed by atoms with Gasteiger partial charge in [0.2, 0.25) is 5.88 Å². The average molecular weight is 336 g/mol. The Balaban J connectivity index is 2.21. The molecule has 0 aliphatic heterocycles. The van der Waals surface area contributed by atoms with Gasteiger partial charge < -0.3 is 15.7 Å². The van der Waals surface area contributed by atoms with Crippen molar-refractivity contribution >= 4 is 21.8 Å². The minimum atomic E-state index is -0.0126. The number of hydrogen-bond donors (Lipinski definition) is 2. The van der Waals surface area contributed by atoms with Crippen molar-refractivity contribution in [3.05, 3.63) is 57.7 Å². The molecule has 1 heterocycles. The highest BCUT2D eigenvalue weighted by Crippen LogP contribution is 2.20. The van der Waals surface area contributed by atoms with Gasteiger partial charge >= 0.3 is 0 Å². The number of aryl methyl sites for hydroxylation is 1. The largest absolute Gasteiger partial charge is 0.472 e. The Hall–Kier alpha value is -2.08. The lowest BCUT2D eigenvalue weighted by Gasteiger charge is -2.11. The van der Waals surface area contributed by atoms with Crippen LogP contribution in [0.4, 0.5) is 0 Å². The van der Waals surface area contributed by atoms with Crippen molar-refractivity contribution in [1.82, 2.24) is 4.98 Å². The molecule has 104 valence electrons. The number of nitrogens with zero attached hydrogens (tertiary/aromatic N) is 2. The van der Waals surface area contributed by atoms with E-state index in [1.165, 1.54) is 0 Å². The van der Waals surface area contributed by atoms with Gasteiger partial charge in [0.25, 0.3) is 0 Å². The van der Waals surface area contributed by atoms with Gasteiger partial charge in [-0.15, -0.1) is 0 Å². The predicted octanol–water partition coefficient (Wildman–Crippen LogP) is 2.83. The van der Waals surface area contributed by atoms with Gasteiger partial charge in [-0.25, -0.2) is 4.98 Å². The Morgan fingerprint density at radius 1 is 1.35 bits per heavy atom. The molecule has 0 bridgehead atoms. The van der Waals surface area contributed by atoms with E-state index in [9.17, 15) is 0 Å². The number of pyridine rings is 1. The molecule has 0 unspecified atom stereocenters. The van der Waals surface area contributed by atoms with Gasteiger partial charge in [-0.2, -0.15) is 0 Å². The molecule has 1 aromatic carbocycles. The zero-order valence-corrected chi connectivity index (χ0v) is 12.5. The number of benzene rings is 1. The van der Waals surface area contributed by atoms with E-state index in [0.717, 1.165) is 15.6 Å². The summed E-state index contributed by atoms with van der Waals surface area (Å²) in [5, 5.41) is 11.8. The Morgan fingerprint density at radius 3 is 2.70 bits per heavy atom. The molecular formula is C14H14BrN3O2. The van der Waals surface area contributed by atoms with Crippen LogP contribution in [-0.4, -0.2) is 16.0 Å². The quantitative estimate of drug-likeness (QED) is 0.389. The van der Waals surface area contributed by atoms with E-state index in [0.29, 0.717) is 18.1 Å². The number of ether oxygens (including phenoxy) is 1. The molecule has 20 heavy (non-hydrogen) atoms. The molecule has 0 radical (unpaired) electrons. The van der Waals surface area contributed by atoms with Crippen molar-refractivity contribution in [3.8, 4) is 5.88 Å². The van der Waals surface area contributed by atoms with Gasteiger partial charge in [0.05, 0.1) is 5.56 Å². The number of oxime groups is 1. The van der Waals surface area contributed by atoms with Gasteiger partial charge in [0, 0.05) is 10.7 Å². The van der Waals surface area contributed by atoms with Gasteiger partial charge in [0.15, 0.2) is 5.84 Å². The van der Waals surface area contributed by atoms with E-state index < -0.39 is 0 Å². The second-order valence-electron chi connectivity index (χ2n) is 4.21.